The first-order valence-electron chi connectivity index (χ1n) is 7.90. The normalized spacial score (nSPS) is 19.1. The van der Waals surface area contributed by atoms with Crippen LogP contribution in [0.15, 0.2) is 24.3 Å². The van der Waals surface area contributed by atoms with Crippen LogP contribution in [0.2, 0.25) is 0 Å². The maximum Gasteiger partial charge on any atom is 0.0206 e. The molecule has 1 aromatic rings. The molecule has 2 aliphatic rings. The average molecular weight is 258 g/mol. The van der Waals surface area contributed by atoms with E-state index in [1.807, 2.05) is 0 Å². The summed E-state index contributed by atoms with van der Waals surface area (Å²) in [4.78, 5) is 2.60. The van der Waals surface area contributed by atoms with Gasteiger partial charge in [0.25, 0.3) is 0 Å². The van der Waals surface area contributed by atoms with Gasteiger partial charge in [-0.2, -0.15) is 0 Å². The quantitative estimate of drug-likeness (QED) is 0.721. The van der Waals surface area contributed by atoms with Crippen molar-refractivity contribution < 1.29 is 0 Å². The summed E-state index contributed by atoms with van der Waals surface area (Å²) in [7, 11) is 0. The number of benzene rings is 1. The molecule has 104 valence electrons. The Bertz CT molecular complexity index is 407. The summed E-state index contributed by atoms with van der Waals surface area (Å²) in [5.74, 6) is 0.866. The van der Waals surface area contributed by atoms with Crippen LogP contribution in [-0.4, -0.2) is 30.6 Å². The van der Waals surface area contributed by atoms with E-state index in [-0.39, 0.29) is 0 Å². The van der Waals surface area contributed by atoms with Gasteiger partial charge in [-0.3, -0.25) is 4.90 Å². The molecule has 0 radical (unpaired) electrons. The predicted octanol–water partition coefficient (Wildman–Crippen LogP) is 3.14. The van der Waals surface area contributed by atoms with Gasteiger partial charge in [0.15, 0.2) is 0 Å². The van der Waals surface area contributed by atoms with Crippen molar-refractivity contribution in [3.8, 4) is 0 Å². The third-order valence-corrected chi connectivity index (χ3v) is 4.37. The fraction of sp³-hybridized carbons (Fsp3) is 0.647. The molecule has 0 amide bonds. The second kappa shape index (κ2) is 6.06. The van der Waals surface area contributed by atoms with Gasteiger partial charge in [0.1, 0.15) is 0 Å². The van der Waals surface area contributed by atoms with E-state index in [0.717, 1.165) is 25.0 Å². The van der Waals surface area contributed by atoms with Gasteiger partial charge in [0.2, 0.25) is 0 Å². The first kappa shape index (κ1) is 13.1. The van der Waals surface area contributed by atoms with E-state index in [0.29, 0.717) is 0 Å². The third kappa shape index (κ3) is 3.80. The smallest absolute Gasteiger partial charge is 0.0206 e. The fourth-order valence-electron chi connectivity index (χ4n) is 2.87. The molecule has 0 heterocycles. The van der Waals surface area contributed by atoms with Crippen LogP contribution in [0, 0.1) is 0 Å². The van der Waals surface area contributed by atoms with Gasteiger partial charge in [-0.1, -0.05) is 31.2 Å². The topological polar surface area (TPSA) is 15.3 Å². The SMILES string of the molecule is CCN(CCNCc1cccc(C2CC2)c1)C1CC1. The second-order valence-corrected chi connectivity index (χ2v) is 6.06. The Morgan fingerprint density at radius 3 is 2.74 bits per heavy atom. The second-order valence-electron chi connectivity index (χ2n) is 6.06. The predicted molar refractivity (Wildman–Crippen MR) is 80.4 cm³/mol. The molecular weight excluding hydrogens is 232 g/mol. The average Bonchev–Trinajstić information content (AvgIpc) is 3.31. The minimum Gasteiger partial charge on any atom is -0.311 e. The summed E-state index contributed by atoms with van der Waals surface area (Å²) in [5.41, 5.74) is 2.99. The largest absolute Gasteiger partial charge is 0.311 e. The third-order valence-electron chi connectivity index (χ3n) is 4.37. The van der Waals surface area contributed by atoms with Gasteiger partial charge in [0, 0.05) is 25.7 Å². The van der Waals surface area contributed by atoms with Gasteiger partial charge >= 0.3 is 0 Å². The zero-order chi connectivity index (χ0) is 13.1. The summed E-state index contributed by atoms with van der Waals surface area (Å²) in [6, 6.07) is 10.0. The Hall–Kier alpha value is -0.860. The highest BCUT2D eigenvalue weighted by Crippen LogP contribution is 2.40. The minimum atomic E-state index is 0.866. The first-order chi connectivity index (χ1) is 9.36. The molecule has 0 bridgehead atoms. The summed E-state index contributed by atoms with van der Waals surface area (Å²) >= 11 is 0. The van der Waals surface area contributed by atoms with Gasteiger partial charge in [-0.05, 0) is 49.3 Å². The zero-order valence-corrected chi connectivity index (χ0v) is 12.1. The first-order valence-corrected chi connectivity index (χ1v) is 7.90. The number of nitrogens with one attached hydrogen (secondary N) is 1. The Morgan fingerprint density at radius 1 is 1.21 bits per heavy atom. The monoisotopic (exact) mass is 258 g/mol. The highest BCUT2D eigenvalue weighted by Gasteiger charge is 2.27. The maximum absolute atomic E-state index is 3.59. The standard InChI is InChI=1S/C17H26N2/c1-2-19(17-8-9-17)11-10-18-13-14-4-3-5-16(12-14)15-6-7-15/h3-5,12,15,17-18H,2,6-11,13H2,1H3. The van der Waals surface area contributed by atoms with Crippen LogP contribution in [0.1, 0.15) is 49.7 Å². The minimum absolute atomic E-state index is 0.866. The van der Waals surface area contributed by atoms with Gasteiger partial charge < -0.3 is 5.32 Å². The van der Waals surface area contributed by atoms with Gasteiger partial charge in [-0.25, -0.2) is 0 Å². The Labute approximate surface area is 117 Å². The molecule has 2 nitrogen and oxygen atoms in total. The van der Waals surface area contributed by atoms with Gasteiger partial charge in [0.05, 0.1) is 0 Å². The van der Waals surface area contributed by atoms with Crippen LogP contribution in [0.3, 0.4) is 0 Å². The Morgan fingerprint density at radius 2 is 2.05 bits per heavy atom. The number of hydrogen-bond donors (Lipinski definition) is 1. The van der Waals surface area contributed by atoms with Crippen LogP contribution in [0.25, 0.3) is 0 Å². The highest BCUT2D eigenvalue weighted by molar-refractivity contribution is 5.29. The van der Waals surface area contributed by atoms with Crippen molar-refractivity contribution in [1.29, 1.82) is 0 Å². The van der Waals surface area contributed by atoms with E-state index in [1.165, 1.54) is 44.3 Å². The van der Waals surface area contributed by atoms with Gasteiger partial charge in [-0.15, -0.1) is 0 Å². The van der Waals surface area contributed by atoms with Crippen molar-refractivity contribution in [3.63, 3.8) is 0 Å². The molecule has 0 aromatic heterocycles. The molecule has 19 heavy (non-hydrogen) atoms. The van der Waals surface area contributed by atoms with Crippen LogP contribution in [0.4, 0.5) is 0 Å². The molecule has 0 saturated heterocycles. The molecule has 0 atom stereocenters. The molecule has 0 spiro atoms. The lowest BCUT2D eigenvalue weighted by Gasteiger charge is -2.19. The van der Waals surface area contributed by atoms with E-state index in [4.69, 9.17) is 0 Å². The highest BCUT2D eigenvalue weighted by atomic mass is 15.2. The Kier molecular flexibility index (Phi) is 4.19. The summed E-state index contributed by atoms with van der Waals surface area (Å²) < 4.78 is 0. The van der Waals surface area contributed by atoms with Crippen molar-refractivity contribution in [2.24, 2.45) is 0 Å². The molecule has 0 aliphatic heterocycles. The molecule has 3 rings (SSSR count). The summed E-state index contributed by atoms with van der Waals surface area (Å²) in [5, 5.41) is 3.59. The van der Waals surface area contributed by atoms with E-state index >= 15 is 0 Å². The lowest BCUT2D eigenvalue weighted by molar-refractivity contribution is 0.277. The molecule has 1 aromatic carbocycles. The van der Waals surface area contributed by atoms with Crippen molar-refractivity contribution in [2.75, 3.05) is 19.6 Å². The summed E-state index contributed by atoms with van der Waals surface area (Å²) in [6.45, 7) is 6.80. The zero-order valence-electron chi connectivity index (χ0n) is 12.1. The molecular formula is C17H26N2. The molecule has 2 saturated carbocycles. The molecule has 2 heteroatoms. The molecule has 1 N–H and O–H groups in total. The number of rotatable bonds is 8. The fourth-order valence-corrected chi connectivity index (χ4v) is 2.87. The van der Waals surface area contributed by atoms with Crippen LogP contribution >= 0.6 is 0 Å². The molecule has 2 aliphatic carbocycles. The molecule has 0 unspecified atom stereocenters. The van der Waals surface area contributed by atoms with E-state index in [1.54, 1.807) is 5.56 Å². The van der Waals surface area contributed by atoms with Crippen molar-refractivity contribution in [2.45, 2.75) is 51.1 Å². The lowest BCUT2D eigenvalue weighted by atomic mass is 10.1. The van der Waals surface area contributed by atoms with E-state index in [9.17, 15) is 0 Å². The molecule has 2 fully saturated rings. The van der Waals surface area contributed by atoms with Crippen molar-refractivity contribution >= 4 is 0 Å². The Balaban J connectivity index is 1.40. The number of nitrogens with zero attached hydrogens (tertiary/aromatic N) is 1. The number of likely N-dealkylation sites (N-methyl/N-ethyl adjacent to an activating group) is 1. The number of hydrogen-bond acceptors (Lipinski definition) is 2. The lowest BCUT2D eigenvalue weighted by Crippen LogP contribution is -2.33. The van der Waals surface area contributed by atoms with Crippen molar-refractivity contribution in [3.05, 3.63) is 35.4 Å². The van der Waals surface area contributed by atoms with E-state index < -0.39 is 0 Å². The summed E-state index contributed by atoms with van der Waals surface area (Å²) in [6.07, 6.45) is 5.61. The van der Waals surface area contributed by atoms with E-state index in [2.05, 4.69) is 41.4 Å². The van der Waals surface area contributed by atoms with Crippen LogP contribution < -0.4 is 5.32 Å². The van der Waals surface area contributed by atoms with Crippen LogP contribution in [0.5, 0.6) is 0 Å². The van der Waals surface area contributed by atoms with Crippen molar-refractivity contribution in [1.82, 2.24) is 10.2 Å². The van der Waals surface area contributed by atoms with Crippen LogP contribution in [-0.2, 0) is 6.54 Å². The maximum atomic E-state index is 3.59.